The van der Waals surface area contributed by atoms with Gasteiger partial charge in [0, 0.05) is 10.2 Å². The van der Waals surface area contributed by atoms with Gasteiger partial charge < -0.3 is 10.5 Å². The highest BCUT2D eigenvalue weighted by molar-refractivity contribution is 9.10. The van der Waals surface area contributed by atoms with Crippen molar-refractivity contribution < 1.29 is 9.53 Å². The van der Waals surface area contributed by atoms with Crippen LogP contribution in [0.2, 0.25) is 0 Å². The van der Waals surface area contributed by atoms with Gasteiger partial charge in [0.05, 0.1) is 5.56 Å². The van der Waals surface area contributed by atoms with E-state index in [2.05, 4.69) is 15.9 Å². The predicted octanol–water partition coefficient (Wildman–Crippen LogP) is 3.30. The first-order valence-corrected chi connectivity index (χ1v) is 5.79. The lowest BCUT2D eigenvalue weighted by Gasteiger charge is -2.20. The third-order valence-corrected chi connectivity index (χ3v) is 2.65. The Labute approximate surface area is 104 Å². The van der Waals surface area contributed by atoms with Crippen molar-refractivity contribution in [3.8, 4) is 0 Å². The molecule has 1 aromatic rings. The van der Waals surface area contributed by atoms with Crippen LogP contribution in [-0.2, 0) is 4.74 Å². The van der Waals surface area contributed by atoms with Gasteiger partial charge in [-0.2, -0.15) is 0 Å². The fourth-order valence-electron chi connectivity index (χ4n) is 1.26. The molecule has 1 aromatic carbocycles. The molecule has 0 saturated carbocycles. The van der Waals surface area contributed by atoms with Gasteiger partial charge in [0.15, 0.2) is 0 Å². The van der Waals surface area contributed by atoms with Gasteiger partial charge in [-0.1, -0.05) is 0 Å². The Morgan fingerprint density at radius 1 is 1.38 bits per heavy atom. The van der Waals surface area contributed by atoms with E-state index in [1.807, 2.05) is 27.7 Å². The molecule has 0 atom stereocenters. The van der Waals surface area contributed by atoms with Crippen molar-refractivity contribution in [1.29, 1.82) is 0 Å². The molecule has 16 heavy (non-hydrogen) atoms. The number of nitrogen functional groups attached to an aromatic ring is 1. The van der Waals surface area contributed by atoms with E-state index < -0.39 is 5.60 Å². The molecule has 0 spiro atoms. The Hall–Kier alpha value is -1.03. The molecule has 0 unspecified atom stereocenters. The van der Waals surface area contributed by atoms with Gasteiger partial charge in [0.25, 0.3) is 0 Å². The zero-order valence-electron chi connectivity index (χ0n) is 9.93. The molecule has 0 aliphatic rings. The van der Waals surface area contributed by atoms with Crippen LogP contribution in [0.25, 0.3) is 0 Å². The molecule has 2 N–H and O–H groups in total. The normalized spacial score (nSPS) is 11.3. The van der Waals surface area contributed by atoms with Crippen molar-refractivity contribution in [1.82, 2.24) is 0 Å². The molecule has 0 aromatic heterocycles. The van der Waals surface area contributed by atoms with Crippen LogP contribution in [0.5, 0.6) is 0 Å². The minimum absolute atomic E-state index is 0.328. The summed E-state index contributed by atoms with van der Waals surface area (Å²) in [6, 6.07) is 3.45. The van der Waals surface area contributed by atoms with E-state index in [4.69, 9.17) is 10.5 Å². The number of rotatable bonds is 1. The average Bonchev–Trinajstić information content (AvgIpc) is 2.08. The summed E-state index contributed by atoms with van der Waals surface area (Å²) in [5.41, 5.74) is 7.20. The Morgan fingerprint density at radius 2 is 1.94 bits per heavy atom. The van der Waals surface area contributed by atoms with E-state index in [-0.39, 0.29) is 5.97 Å². The van der Waals surface area contributed by atoms with Crippen LogP contribution in [0, 0.1) is 6.92 Å². The number of nitrogens with two attached hydrogens (primary N) is 1. The van der Waals surface area contributed by atoms with Crippen LogP contribution < -0.4 is 5.73 Å². The van der Waals surface area contributed by atoms with Crippen LogP contribution in [0.1, 0.15) is 36.7 Å². The van der Waals surface area contributed by atoms with Gasteiger partial charge in [-0.25, -0.2) is 4.79 Å². The molecule has 0 fully saturated rings. The Balaban J connectivity index is 3.05. The molecule has 3 nitrogen and oxygen atoms in total. The van der Waals surface area contributed by atoms with Crippen LogP contribution in [0.3, 0.4) is 0 Å². The van der Waals surface area contributed by atoms with E-state index >= 15 is 0 Å². The first-order valence-electron chi connectivity index (χ1n) is 4.99. The Kier molecular flexibility index (Phi) is 3.63. The molecule has 88 valence electrons. The van der Waals surface area contributed by atoms with E-state index in [1.54, 1.807) is 12.1 Å². The average molecular weight is 286 g/mol. The fraction of sp³-hybridized carbons (Fsp3) is 0.417. The summed E-state index contributed by atoms with van der Waals surface area (Å²) >= 11 is 3.30. The van der Waals surface area contributed by atoms with Crippen molar-refractivity contribution in [2.45, 2.75) is 33.3 Å². The Bertz CT molecular complexity index is 422. The maximum Gasteiger partial charge on any atom is 0.338 e. The first kappa shape index (κ1) is 13.0. The van der Waals surface area contributed by atoms with Crippen molar-refractivity contribution >= 4 is 27.6 Å². The molecule has 0 heterocycles. The van der Waals surface area contributed by atoms with Crippen LogP contribution in [0.15, 0.2) is 16.6 Å². The van der Waals surface area contributed by atoms with Gasteiger partial charge in [-0.3, -0.25) is 0 Å². The number of ether oxygens (including phenoxy) is 1. The van der Waals surface area contributed by atoms with Gasteiger partial charge in [0.1, 0.15) is 5.60 Å². The molecule has 0 aliphatic carbocycles. The van der Waals surface area contributed by atoms with Gasteiger partial charge in [0.2, 0.25) is 0 Å². The minimum Gasteiger partial charge on any atom is -0.456 e. The second-order valence-corrected chi connectivity index (χ2v) is 5.54. The SMILES string of the molecule is Cc1cc(N)c(Br)cc1C(=O)OC(C)(C)C. The zero-order valence-corrected chi connectivity index (χ0v) is 11.5. The molecule has 4 heteroatoms. The lowest BCUT2D eigenvalue weighted by atomic mass is 10.1. The van der Waals surface area contributed by atoms with Crippen LogP contribution in [0.4, 0.5) is 5.69 Å². The number of hydrogen-bond acceptors (Lipinski definition) is 3. The number of esters is 1. The summed E-state index contributed by atoms with van der Waals surface area (Å²) in [7, 11) is 0. The first-order chi connectivity index (χ1) is 7.20. The number of carbonyl (C=O) groups excluding carboxylic acids is 1. The van der Waals surface area contributed by atoms with E-state index in [1.165, 1.54) is 0 Å². The lowest BCUT2D eigenvalue weighted by molar-refractivity contribution is 0.00687. The maximum absolute atomic E-state index is 11.9. The lowest BCUT2D eigenvalue weighted by Crippen LogP contribution is -2.24. The maximum atomic E-state index is 11.9. The summed E-state index contributed by atoms with van der Waals surface area (Å²) in [4.78, 5) is 11.9. The van der Waals surface area contributed by atoms with Crippen LogP contribution >= 0.6 is 15.9 Å². The number of aryl methyl sites for hydroxylation is 1. The van der Waals surface area contributed by atoms with E-state index in [0.717, 1.165) is 5.56 Å². The zero-order chi connectivity index (χ0) is 12.5. The molecule has 0 radical (unpaired) electrons. The highest BCUT2D eigenvalue weighted by Crippen LogP contribution is 2.25. The number of benzene rings is 1. The highest BCUT2D eigenvalue weighted by Gasteiger charge is 2.20. The van der Waals surface area contributed by atoms with Gasteiger partial charge in [-0.05, 0) is 61.3 Å². The van der Waals surface area contributed by atoms with E-state index in [0.29, 0.717) is 15.7 Å². The van der Waals surface area contributed by atoms with Crippen molar-refractivity contribution in [2.75, 3.05) is 5.73 Å². The quantitative estimate of drug-likeness (QED) is 0.636. The van der Waals surface area contributed by atoms with E-state index in [9.17, 15) is 4.79 Å². The monoisotopic (exact) mass is 285 g/mol. The Morgan fingerprint density at radius 3 is 2.44 bits per heavy atom. The number of carbonyl (C=O) groups is 1. The van der Waals surface area contributed by atoms with Gasteiger partial charge in [-0.15, -0.1) is 0 Å². The molecular weight excluding hydrogens is 270 g/mol. The van der Waals surface area contributed by atoms with Crippen LogP contribution in [-0.4, -0.2) is 11.6 Å². The number of halogens is 1. The third-order valence-electron chi connectivity index (χ3n) is 1.96. The molecular formula is C12H16BrNO2. The molecule has 0 saturated heterocycles. The fourth-order valence-corrected chi connectivity index (χ4v) is 1.60. The largest absolute Gasteiger partial charge is 0.456 e. The highest BCUT2D eigenvalue weighted by atomic mass is 79.9. The number of anilines is 1. The topological polar surface area (TPSA) is 52.3 Å². The summed E-state index contributed by atoms with van der Waals surface area (Å²) in [6.07, 6.45) is 0. The predicted molar refractivity (Wildman–Crippen MR) is 68.5 cm³/mol. The molecule has 1 rings (SSSR count). The third kappa shape index (κ3) is 3.23. The summed E-state index contributed by atoms with van der Waals surface area (Å²) in [5, 5.41) is 0. The van der Waals surface area contributed by atoms with Gasteiger partial charge >= 0.3 is 5.97 Å². The van der Waals surface area contributed by atoms with Crippen molar-refractivity contribution in [2.24, 2.45) is 0 Å². The molecule has 0 aliphatic heterocycles. The molecule has 0 amide bonds. The second kappa shape index (κ2) is 4.45. The summed E-state index contributed by atoms with van der Waals surface area (Å²) in [6.45, 7) is 7.35. The summed E-state index contributed by atoms with van der Waals surface area (Å²) in [5.74, 6) is -0.328. The van der Waals surface area contributed by atoms with Crippen molar-refractivity contribution in [3.05, 3.63) is 27.7 Å². The summed E-state index contributed by atoms with van der Waals surface area (Å²) < 4.78 is 6.01. The smallest absolute Gasteiger partial charge is 0.338 e. The van der Waals surface area contributed by atoms with Crippen molar-refractivity contribution in [3.63, 3.8) is 0 Å². The second-order valence-electron chi connectivity index (χ2n) is 4.69. The minimum atomic E-state index is -0.489. The standard InChI is InChI=1S/C12H16BrNO2/c1-7-5-10(14)9(13)6-8(7)11(15)16-12(2,3)4/h5-6H,14H2,1-4H3. The number of hydrogen-bond donors (Lipinski definition) is 1. The molecule has 0 bridgehead atoms.